The van der Waals surface area contributed by atoms with Crippen molar-refractivity contribution in [3.05, 3.63) is 32.1 Å². The first-order valence-corrected chi connectivity index (χ1v) is 7.35. The number of aromatic nitrogens is 2. The van der Waals surface area contributed by atoms with Gasteiger partial charge in [-0.1, -0.05) is 13.3 Å². The highest BCUT2D eigenvalue weighted by molar-refractivity contribution is 7.98. The van der Waals surface area contributed by atoms with E-state index in [2.05, 4.69) is 16.9 Å². The molecule has 0 radical (unpaired) electrons. The van der Waals surface area contributed by atoms with Crippen molar-refractivity contribution in [2.75, 3.05) is 12.4 Å². The van der Waals surface area contributed by atoms with Crippen LogP contribution in [0.25, 0.3) is 0 Å². The van der Waals surface area contributed by atoms with E-state index in [0.717, 1.165) is 18.6 Å². The highest BCUT2D eigenvalue weighted by Gasteiger charge is 2.17. The standard InChI is InChI=1S/C12H18N2O4S/c1-3-5-6-19-7-8-9(11(16)18-4-2)13-12(17)14-10(8)15/h3-7H2,1-2H3,(H2,13,14,15,17). The molecule has 0 saturated carbocycles. The van der Waals surface area contributed by atoms with Gasteiger partial charge in [-0.05, 0) is 19.1 Å². The predicted octanol–water partition coefficient (Wildman–Crippen LogP) is 1.27. The average molecular weight is 286 g/mol. The van der Waals surface area contributed by atoms with Crippen LogP contribution in [0, 0.1) is 0 Å². The van der Waals surface area contributed by atoms with Crippen LogP contribution in [0.15, 0.2) is 9.59 Å². The molecule has 0 saturated heterocycles. The van der Waals surface area contributed by atoms with Gasteiger partial charge in [0.2, 0.25) is 0 Å². The van der Waals surface area contributed by atoms with Gasteiger partial charge in [0.25, 0.3) is 5.56 Å². The van der Waals surface area contributed by atoms with Crippen molar-refractivity contribution < 1.29 is 9.53 Å². The molecule has 19 heavy (non-hydrogen) atoms. The average Bonchev–Trinajstić information content (AvgIpc) is 2.36. The van der Waals surface area contributed by atoms with E-state index in [1.54, 1.807) is 18.7 Å². The van der Waals surface area contributed by atoms with Crippen molar-refractivity contribution in [3.8, 4) is 0 Å². The zero-order chi connectivity index (χ0) is 14.3. The Hall–Kier alpha value is -1.50. The summed E-state index contributed by atoms with van der Waals surface area (Å²) in [7, 11) is 0. The van der Waals surface area contributed by atoms with Crippen LogP contribution in [0.3, 0.4) is 0 Å². The van der Waals surface area contributed by atoms with Crippen LogP contribution in [0.4, 0.5) is 0 Å². The Morgan fingerprint density at radius 2 is 2.00 bits per heavy atom. The molecule has 7 heteroatoms. The monoisotopic (exact) mass is 286 g/mol. The normalized spacial score (nSPS) is 10.4. The lowest BCUT2D eigenvalue weighted by Gasteiger charge is -2.07. The van der Waals surface area contributed by atoms with E-state index in [1.165, 1.54) is 0 Å². The highest BCUT2D eigenvalue weighted by atomic mass is 32.2. The molecule has 1 aromatic rings. The van der Waals surface area contributed by atoms with Crippen molar-refractivity contribution in [2.45, 2.75) is 32.4 Å². The smallest absolute Gasteiger partial charge is 0.355 e. The number of rotatable bonds is 7. The molecule has 0 aromatic carbocycles. The van der Waals surface area contributed by atoms with Gasteiger partial charge in [0.15, 0.2) is 0 Å². The van der Waals surface area contributed by atoms with E-state index in [-0.39, 0.29) is 17.9 Å². The first-order chi connectivity index (χ1) is 9.10. The zero-order valence-corrected chi connectivity index (χ0v) is 11.9. The lowest BCUT2D eigenvalue weighted by atomic mass is 10.2. The van der Waals surface area contributed by atoms with Crippen LogP contribution in [0.5, 0.6) is 0 Å². The maximum absolute atomic E-state index is 11.7. The summed E-state index contributed by atoms with van der Waals surface area (Å²) < 4.78 is 4.83. The second-order valence-electron chi connectivity index (χ2n) is 3.89. The molecular weight excluding hydrogens is 268 g/mol. The summed E-state index contributed by atoms with van der Waals surface area (Å²) in [5, 5.41) is 0. The van der Waals surface area contributed by atoms with E-state index >= 15 is 0 Å². The summed E-state index contributed by atoms with van der Waals surface area (Å²) in [4.78, 5) is 39.1. The number of thioether (sulfide) groups is 1. The predicted molar refractivity (Wildman–Crippen MR) is 74.7 cm³/mol. The molecule has 0 aliphatic rings. The van der Waals surface area contributed by atoms with E-state index in [0.29, 0.717) is 5.75 Å². The minimum absolute atomic E-state index is 0.0420. The quantitative estimate of drug-likeness (QED) is 0.582. The Morgan fingerprint density at radius 1 is 1.26 bits per heavy atom. The summed E-state index contributed by atoms with van der Waals surface area (Å²) >= 11 is 1.55. The van der Waals surface area contributed by atoms with Gasteiger partial charge >= 0.3 is 11.7 Å². The van der Waals surface area contributed by atoms with Crippen molar-refractivity contribution >= 4 is 17.7 Å². The molecule has 0 bridgehead atoms. The van der Waals surface area contributed by atoms with Gasteiger partial charge in [-0.2, -0.15) is 11.8 Å². The van der Waals surface area contributed by atoms with E-state index in [4.69, 9.17) is 4.74 Å². The molecule has 0 aliphatic carbocycles. The minimum Gasteiger partial charge on any atom is -0.461 e. The van der Waals surface area contributed by atoms with Gasteiger partial charge in [0.05, 0.1) is 12.2 Å². The Balaban J connectivity index is 2.96. The fourth-order valence-electron chi connectivity index (χ4n) is 1.45. The van der Waals surface area contributed by atoms with Crippen LogP contribution >= 0.6 is 11.8 Å². The third-order valence-electron chi connectivity index (χ3n) is 2.41. The highest BCUT2D eigenvalue weighted by Crippen LogP contribution is 2.13. The number of nitrogens with one attached hydrogen (secondary N) is 2. The fraction of sp³-hybridized carbons (Fsp3) is 0.583. The number of H-pyrrole nitrogens is 2. The first kappa shape index (κ1) is 15.6. The van der Waals surface area contributed by atoms with E-state index in [9.17, 15) is 14.4 Å². The van der Waals surface area contributed by atoms with Gasteiger partial charge in [0.1, 0.15) is 5.69 Å². The van der Waals surface area contributed by atoms with Crippen LogP contribution in [0.1, 0.15) is 42.7 Å². The number of aromatic amines is 2. The molecule has 106 valence electrons. The summed E-state index contributed by atoms with van der Waals surface area (Å²) in [6, 6.07) is 0. The van der Waals surface area contributed by atoms with Gasteiger partial charge in [-0.3, -0.25) is 9.78 Å². The first-order valence-electron chi connectivity index (χ1n) is 6.20. The minimum atomic E-state index is -0.699. The van der Waals surface area contributed by atoms with E-state index in [1.807, 2.05) is 0 Å². The number of carbonyl (C=O) groups is 1. The Bertz CT molecular complexity index is 535. The Labute approximate surface area is 115 Å². The number of unbranched alkanes of at least 4 members (excludes halogenated alkanes) is 1. The lowest BCUT2D eigenvalue weighted by Crippen LogP contribution is -2.30. The number of carbonyl (C=O) groups excluding carboxylic acids is 1. The number of hydrogen-bond acceptors (Lipinski definition) is 5. The van der Waals surface area contributed by atoms with Crippen molar-refractivity contribution in [3.63, 3.8) is 0 Å². The summed E-state index contributed by atoms with van der Waals surface area (Å²) in [6.45, 7) is 3.94. The number of ether oxygens (including phenoxy) is 1. The van der Waals surface area contributed by atoms with Gasteiger partial charge in [-0.15, -0.1) is 0 Å². The van der Waals surface area contributed by atoms with Crippen molar-refractivity contribution in [1.29, 1.82) is 0 Å². The molecule has 0 atom stereocenters. The fourth-order valence-corrected chi connectivity index (χ4v) is 2.56. The molecule has 1 rings (SSSR count). The maximum atomic E-state index is 11.7. The lowest BCUT2D eigenvalue weighted by molar-refractivity contribution is 0.0517. The molecular formula is C12H18N2O4S. The topological polar surface area (TPSA) is 92.0 Å². The zero-order valence-electron chi connectivity index (χ0n) is 11.1. The molecule has 6 nitrogen and oxygen atoms in total. The van der Waals surface area contributed by atoms with Crippen LogP contribution < -0.4 is 11.2 Å². The molecule has 1 heterocycles. The molecule has 0 amide bonds. The van der Waals surface area contributed by atoms with E-state index < -0.39 is 17.2 Å². The summed E-state index contributed by atoms with van der Waals surface area (Å²) in [6.07, 6.45) is 2.11. The van der Waals surface area contributed by atoms with Crippen molar-refractivity contribution in [1.82, 2.24) is 9.97 Å². The van der Waals surface area contributed by atoms with Crippen LogP contribution in [-0.2, 0) is 10.5 Å². The van der Waals surface area contributed by atoms with Crippen molar-refractivity contribution in [2.24, 2.45) is 0 Å². The molecule has 0 unspecified atom stereocenters. The van der Waals surface area contributed by atoms with Gasteiger partial charge in [-0.25, -0.2) is 9.59 Å². The Morgan fingerprint density at radius 3 is 2.63 bits per heavy atom. The third kappa shape index (κ3) is 4.59. The van der Waals surface area contributed by atoms with Gasteiger partial charge in [0, 0.05) is 5.75 Å². The summed E-state index contributed by atoms with van der Waals surface area (Å²) in [5.74, 6) is 0.606. The van der Waals surface area contributed by atoms with Crippen LogP contribution in [-0.4, -0.2) is 28.3 Å². The third-order valence-corrected chi connectivity index (χ3v) is 3.48. The number of esters is 1. The second-order valence-corrected chi connectivity index (χ2v) is 4.99. The summed E-state index contributed by atoms with van der Waals surface area (Å²) in [5.41, 5.74) is -1.01. The van der Waals surface area contributed by atoms with Gasteiger partial charge < -0.3 is 9.72 Å². The Kier molecular flexibility index (Phi) is 6.41. The molecule has 1 aromatic heterocycles. The number of hydrogen-bond donors (Lipinski definition) is 2. The SMILES string of the molecule is CCCCSCc1c(C(=O)OCC)[nH]c(=O)[nH]c1=O. The largest absolute Gasteiger partial charge is 0.461 e. The molecule has 2 N–H and O–H groups in total. The second kappa shape index (κ2) is 7.83. The maximum Gasteiger partial charge on any atom is 0.355 e. The molecule has 0 fully saturated rings. The molecule has 0 aliphatic heterocycles. The molecule has 0 spiro atoms. The van der Waals surface area contributed by atoms with Crippen LogP contribution in [0.2, 0.25) is 0 Å².